The normalized spacial score (nSPS) is 14.6. The van der Waals surface area contributed by atoms with Crippen LogP contribution in [0.15, 0.2) is 36.4 Å². The zero-order valence-electron chi connectivity index (χ0n) is 16.0. The van der Waals surface area contributed by atoms with Crippen molar-refractivity contribution in [2.75, 3.05) is 21.0 Å². The Morgan fingerprint density at radius 3 is 2.58 bits per heavy atom. The molecule has 4 heteroatoms. The van der Waals surface area contributed by atoms with Crippen LogP contribution in [0.3, 0.4) is 0 Å². The maximum Gasteiger partial charge on any atom is 0.188 e. The van der Waals surface area contributed by atoms with Gasteiger partial charge in [0, 0.05) is 25.3 Å². The summed E-state index contributed by atoms with van der Waals surface area (Å²) in [6, 6.07) is 13.1. The molecule has 0 unspecified atom stereocenters. The van der Waals surface area contributed by atoms with Crippen molar-refractivity contribution < 1.29 is 14.2 Å². The van der Waals surface area contributed by atoms with E-state index in [-0.39, 0.29) is 12.8 Å². The molecule has 1 N–H and O–H groups in total. The number of fused-ring (bicyclic) bond motifs is 1. The second-order valence-electron chi connectivity index (χ2n) is 6.86. The zero-order valence-corrected chi connectivity index (χ0v) is 16.0. The first-order chi connectivity index (χ1) is 12.7. The third-order valence-corrected chi connectivity index (χ3v) is 5.07. The standard InChI is InChI=1S/C22H29NO3/c1-16(18-9-8-17-6-4-5-7-19(17)12-18)23-14-20-13-21(25-3)10-11-22(20)26-15-24-2/h8-13,16,23H,4-7,14-15H2,1-3H3/t16-/m0/s1. The van der Waals surface area contributed by atoms with E-state index in [9.17, 15) is 0 Å². The topological polar surface area (TPSA) is 39.7 Å². The summed E-state index contributed by atoms with van der Waals surface area (Å²) in [6.45, 7) is 3.15. The van der Waals surface area contributed by atoms with E-state index in [1.54, 1.807) is 14.2 Å². The first-order valence-electron chi connectivity index (χ1n) is 9.35. The molecule has 0 radical (unpaired) electrons. The molecule has 4 nitrogen and oxygen atoms in total. The van der Waals surface area contributed by atoms with Crippen molar-refractivity contribution in [3.63, 3.8) is 0 Å². The highest BCUT2D eigenvalue weighted by molar-refractivity contribution is 5.40. The van der Waals surface area contributed by atoms with Crippen LogP contribution >= 0.6 is 0 Å². The molecule has 0 aliphatic heterocycles. The number of aryl methyl sites for hydroxylation is 2. The Labute approximate surface area is 156 Å². The van der Waals surface area contributed by atoms with Crippen LogP contribution in [0.1, 0.15) is 48.1 Å². The molecule has 0 fully saturated rings. The van der Waals surface area contributed by atoms with Crippen LogP contribution in [-0.2, 0) is 24.1 Å². The summed E-state index contributed by atoms with van der Waals surface area (Å²) >= 11 is 0. The van der Waals surface area contributed by atoms with Crippen molar-refractivity contribution in [2.45, 2.75) is 45.2 Å². The smallest absolute Gasteiger partial charge is 0.188 e. The van der Waals surface area contributed by atoms with Gasteiger partial charge in [-0.1, -0.05) is 18.2 Å². The van der Waals surface area contributed by atoms with Crippen LogP contribution in [0.4, 0.5) is 0 Å². The number of nitrogens with one attached hydrogen (secondary N) is 1. The lowest BCUT2D eigenvalue weighted by Crippen LogP contribution is -2.19. The molecule has 1 aliphatic rings. The van der Waals surface area contributed by atoms with Gasteiger partial charge >= 0.3 is 0 Å². The van der Waals surface area contributed by atoms with Crippen LogP contribution in [0, 0.1) is 0 Å². The monoisotopic (exact) mass is 355 g/mol. The van der Waals surface area contributed by atoms with Crippen molar-refractivity contribution in [1.82, 2.24) is 5.32 Å². The zero-order chi connectivity index (χ0) is 18.4. The van der Waals surface area contributed by atoms with Crippen LogP contribution in [0.5, 0.6) is 11.5 Å². The van der Waals surface area contributed by atoms with Gasteiger partial charge in [0.15, 0.2) is 6.79 Å². The van der Waals surface area contributed by atoms with E-state index < -0.39 is 0 Å². The average Bonchev–Trinajstić information content (AvgIpc) is 2.70. The third-order valence-electron chi connectivity index (χ3n) is 5.07. The number of hydrogen-bond donors (Lipinski definition) is 1. The van der Waals surface area contributed by atoms with Gasteiger partial charge in [-0.25, -0.2) is 0 Å². The molecule has 0 saturated carbocycles. The highest BCUT2D eigenvalue weighted by Crippen LogP contribution is 2.27. The molecular weight excluding hydrogens is 326 g/mol. The van der Waals surface area contributed by atoms with Gasteiger partial charge in [0.1, 0.15) is 11.5 Å². The van der Waals surface area contributed by atoms with E-state index in [2.05, 4.69) is 30.4 Å². The Morgan fingerprint density at radius 2 is 1.81 bits per heavy atom. The number of rotatable bonds is 8. The van der Waals surface area contributed by atoms with E-state index in [1.165, 1.54) is 42.4 Å². The fraction of sp³-hybridized carbons (Fsp3) is 0.455. The van der Waals surface area contributed by atoms with E-state index in [4.69, 9.17) is 14.2 Å². The summed E-state index contributed by atoms with van der Waals surface area (Å²) < 4.78 is 16.1. The molecule has 2 aromatic carbocycles. The van der Waals surface area contributed by atoms with Crippen molar-refractivity contribution in [1.29, 1.82) is 0 Å². The van der Waals surface area contributed by atoms with Gasteiger partial charge < -0.3 is 19.5 Å². The van der Waals surface area contributed by atoms with Crippen molar-refractivity contribution >= 4 is 0 Å². The molecule has 26 heavy (non-hydrogen) atoms. The summed E-state index contributed by atoms with van der Waals surface area (Å²) in [4.78, 5) is 0. The average molecular weight is 355 g/mol. The molecular formula is C22H29NO3. The van der Waals surface area contributed by atoms with E-state index >= 15 is 0 Å². The Morgan fingerprint density at radius 1 is 1.00 bits per heavy atom. The second-order valence-corrected chi connectivity index (χ2v) is 6.86. The number of methoxy groups -OCH3 is 2. The molecule has 0 bridgehead atoms. The molecule has 1 atom stereocenters. The lowest BCUT2D eigenvalue weighted by atomic mass is 9.89. The first kappa shape index (κ1) is 18.7. The molecule has 0 amide bonds. The minimum absolute atomic E-state index is 0.236. The van der Waals surface area contributed by atoms with Crippen LogP contribution < -0.4 is 14.8 Å². The summed E-state index contributed by atoms with van der Waals surface area (Å²) in [7, 11) is 3.30. The maximum absolute atomic E-state index is 5.68. The molecule has 0 spiro atoms. The van der Waals surface area contributed by atoms with Gasteiger partial charge in [0.2, 0.25) is 0 Å². The Kier molecular flexibility index (Phi) is 6.53. The number of benzene rings is 2. The largest absolute Gasteiger partial charge is 0.497 e. The second kappa shape index (κ2) is 9.06. The predicted octanol–water partition coefficient (Wildman–Crippen LogP) is 4.41. The first-order valence-corrected chi connectivity index (χ1v) is 9.35. The molecule has 1 aliphatic carbocycles. The quantitative estimate of drug-likeness (QED) is 0.712. The highest BCUT2D eigenvalue weighted by atomic mass is 16.7. The minimum atomic E-state index is 0.236. The van der Waals surface area contributed by atoms with E-state index in [0.717, 1.165) is 17.1 Å². The predicted molar refractivity (Wildman–Crippen MR) is 104 cm³/mol. The summed E-state index contributed by atoms with van der Waals surface area (Å²) in [5.74, 6) is 1.64. The summed E-state index contributed by atoms with van der Waals surface area (Å²) in [5, 5.41) is 3.61. The lowest BCUT2D eigenvalue weighted by Gasteiger charge is -2.21. The van der Waals surface area contributed by atoms with Gasteiger partial charge in [-0.15, -0.1) is 0 Å². The van der Waals surface area contributed by atoms with Gasteiger partial charge in [-0.2, -0.15) is 0 Å². The highest BCUT2D eigenvalue weighted by Gasteiger charge is 2.13. The van der Waals surface area contributed by atoms with E-state index in [0.29, 0.717) is 6.54 Å². The summed E-state index contributed by atoms with van der Waals surface area (Å²) in [6.07, 6.45) is 5.06. The fourth-order valence-corrected chi connectivity index (χ4v) is 3.49. The van der Waals surface area contributed by atoms with Gasteiger partial charge in [-0.3, -0.25) is 0 Å². The Bertz CT molecular complexity index is 729. The SMILES string of the molecule is COCOc1ccc(OC)cc1CN[C@@H](C)c1ccc2c(c1)CCCC2. The van der Waals surface area contributed by atoms with Crippen LogP contribution in [-0.4, -0.2) is 21.0 Å². The Balaban J connectivity index is 1.69. The fourth-order valence-electron chi connectivity index (χ4n) is 3.49. The van der Waals surface area contributed by atoms with Crippen molar-refractivity contribution in [3.8, 4) is 11.5 Å². The molecule has 3 rings (SSSR count). The third kappa shape index (κ3) is 4.57. The van der Waals surface area contributed by atoms with Crippen molar-refractivity contribution in [2.24, 2.45) is 0 Å². The molecule has 0 heterocycles. The molecule has 0 aromatic heterocycles. The number of hydrogen-bond acceptors (Lipinski definition) is 4. The van der Waals surface area contributed by atoms with Crippen molar-refractivity contribution in [3.05, 3.63) is 58.7 Å². The maximum atomic E-state index is 5.68. The van der Waals surface area contributed by atoms with Gasteiger partial charge in [-0.05, 0) is 67.5 Å². The lowest BCUT2D eigenvalue weighted by molar-refractivity contribution is 0.0503. The summed E-state index contributed by atoms with van der Waals surface area (Å²) in [5.41, 5.74) is 5.45. The Hall–Kier alpha value is -2.04. The molecule has 0 saturated heterocycles. The number of ether oxygens (including phenoxy) is 3. The van der Waals surface area contributed by atoms with E-state index in [1.807, 2.05) is 18.2 Å². The van der Waals surface area contributed by atoms with Gasteiger partial charge in [0.05, 0.1) is 7.11 Å². The molecule has 2 aromatic rings. The molecule has 140 valence electrons. The van der Waals surface area contributed by atoms with Gasteiger partial charge in [0.25, 0.3) is 0 Å². The van der Waals surface area contributed by atoms with Crippen LogP contribution in [0.25, 0.3) is 0 Å². The van der Waals surface area contributed by atoms with Crippen LogP contribution in [0.2, 0.25) is 0 Å². The minimum Gasteiger partial charge on any atom is -0.497 e.